The lowest BCUT2D eigenvalue weighted by molar-refractivity contribution is -0.258. The highest BCUT2D eigenvalue weighted by molar-refractivity contribution is 7.21. The fraction of sp³-hybridized carbons (Fsp3) is 0.176. The van der Waals surface area contributed by atoms with Crippen LogP contribution in [0.4, 0.5) is 13.2 Å². The number of rotatable bonds is 3. The Morgan fingerprint density at radius 1 is 1.21 bits per heavy atom. The third-order valence-corrected chi connectivity index (χ3v) is 4.94. The smallest absolute Gasteiger partial charge is 0.376 e. The van der Waals surface area contributed by atoms with Crippen LogP contribution in [0.2, 0.25) is 0 Å². The van der Waals surface area contributed by atoms with Gasteiger partial charge in [-0.2, -0.15) is 13.2 Å². The highest BCUT2D eigenvalue weighted by atomic mass is 32.1. The van der Waals surface area contributed by atoms with Gasteiger partial charge in [0.25, 0.3) is 0 Å². The Bertz CT molecular complexity index is 916. The van der Waals surface area contributed by atoms with E-state index in [9.17, 15) is 23.1 Å². The quantitative estimate of drug-likeness (QED) is 0.705. The van der Waals surface area contributed by atoms with Crippen molar-refractivity contribution in [2.24, 2.45) is 0 Å². The average molecular weight is 351 g/mol. The van der Waals surface area contributed by atoms with Gasteiger partial charge in [-0.05, 0) is 36.1 Å². The molecule has 0 fully saturated rings. The van der Waals surface area contributed by atoms with E-state index in [1.807, 2.05) is 6.07 Å². The van der Waals surface area contributed by atoms with Crippen LogP contribution in [0.15, 0.2) is 42.6 Å². The first-order valence-corrected chi connectivity index (χ1v) is 7.79. The maximum Gasteiger partial charge on any atom is 0.421 e. The van der Waals surface area contributed by atoms with Gasteiger partial charge in [-0.3, -0.25) is 9.78 Å². The van der Waals surface area contributed by atoms with Crippen LogP contribution in [0.1, 0.15) is 22.2 Å². The minimum Gasteiger partial charge on any atom is -0.376 e. The number of halogens is 3. The molecule has 2 aromatic heterocycles. The topological polar surface area (TPSA) is 50.2 Å². The van der Waals surface area contributed by atoms with Crippen LogP contribution < -0.4 is 0 Å². The molecule has 3 rings (SSSR count). The molecule has 0 saturated heterocycles. The van der Waals surface area contributed by atoms with Crippen LogP contribution in [0.25, 0.3) is 21.3 Å². The van der Waals surface area contributed by atoms with Crippen molar-refractivity contribution >= 4 is 27.7 Å². The number of hydrogen-bond acceptors (Lipinski definition) is 4. The molecule has 0 saturated carbocycles. The molecule has 24 heavy (non-hydrogen) atoms. The summed E-state index contributed by atoms with van der Waals surface area (Å²) in [6, 6.07) is 9.37. The van der Waals surface area contributed by atoms with E-state index in [1.54, 1.807) is 18.2 Å². The number of nitrogens with zero attached hydrogens (tertiary/aromatic N) is 1. The Morgan fingerprint density at radius 2 is 1.96 bits per heavy atom. The summed E-state index contributed by atoms with van der Waals surface area (Å²) in [5.41, 5.74) is -2.33. The second-order valence-electron chi connectivity index (χ2n) is 5.49. The molecule has 1 aromatic carbocycles. The molecular weight excluding hydrogens is 339 g/mol. The van der Waals surface area contributed by atoms with Crippen LogP contribution in [0, 0.1) is 0 Å². The van der Waals surface area contributed by atoms with Gasteiger partial charge >= 0.3 is 6.18 Å². The van der Waals surface area contributed by atoms with E-state index in [0.717, 1.165) is 22.4 Å². The Hall–Kier alpha value is -2.25. The van der Waals surface area contributed by atoms with Gasteiger partial charge in [-0.25, -0.2) is 0 Å². The predicted molar refractivity (Wildman–Crippen MR) is 86.1 cm³/mol. The fourth-order valence-electron chi connectivity index (χ4n) is 2.39. The molecule has 0 bridgehead atoms. The van der Waals surface area contributed by atoms with Crippen molar-refractivity contribution in [2.45, 2.75) is 18.7 Å². The first kappa shape index (κ1) is 16.6. The number of carbonyl (C=O) groups excluding carboxylic acids is 1. The minimum atomic E-state index is -4.80. The summed E-state index contributed by atoms with van der Waals surface area (Å²) < 4.78 is 39.9. The fourth-order valence-corrected chi connectivity index (χ4v) is 3.38. The number of alkyl halides is 3. The number of hydrogen-bond donors (Lipinski definition) is 1. The van der Waals surface area contributed by atoms with Crippen molar-refractivity contribution in [1.29, 1.82) is 0 Å². The number of aliphatic hydroxyl groups is 1. The molecule has 7 heteroatoms. The summed E-state index contributed by atoms with van der Waals surface area (Å²) in [7, 11) is 0. The summed E-state index contributed by atoms with van der Waals surface area (Å²) in [5.74, 6) is 0. The second-order valence-corrected chi connectivity index (χ2v) is 6.57. The Balaban J connectivity index is 2.17. The standard InChI is InChI=1S/C17H12F3NO2S/c1-16(23,17(18,19)20)11-5-6-21-14(8-11)13-4-2-3-10-7-12(9-22)24-15(10)13/h2-9,23H,1H3. The molecule has 0 amide bonds. The largest absolute Gasteiger partial charge is 0.421 e. The molecule has 3 nitrogen and oxygen atoms in total. The van der Waals surface area contributed by atoms with Gasteiger partial charge in [0.15, 0.2) is 11.9 Å². The number of thiophene rings is 1. The first-order valence-electron chi connectivity index (χ1n) is 6.98. The van der Waals surface area contributed by atoms with Crippen molar-refractivity contribution in [3.8, 4) is 11.3 Å². The number of fused-ring (bicyclic) bond motifs is 1. The van der Waals surface area contributed by atoms with Crippen molar-refractivity contribution in [3.63, 3.8) is 0 Å². The number of aldehydes is 1. The van der Waals surface area contributed by atoms with Gasteiger partial charge in [0.05, 0.1) is 10.6 Å². The van der Waals surface area contributed by atoms with Crippen LogP contribution in [0.5, 0.6) is 0 Å². The highest BCUT2D eigenvalue weighted by Crippen LogP contribution is 2.40. The maximum absolute atomic E-state index is 13.0. The zero-order valence-electron chi connectivity index (χ0n) is 12.5. The van der Waals surface area contributed by atoms with E-state index >= 15 is 0 Å². The van der Waals surface area contributed by atoms with Crippen LogP contribution in [-0.2, 0) is 5.60 Å². The van der Waals surface area contributed by atoms with Crippen molar-refractivity contribution in [2.75, 3.05) is 0 Å². The van der Waals surface area contributed by atoms with Crippen molar-refractivity contribution < 1.29 is 23.1 Å². The zero-order chi connectivity index (χ0) is 17.5. The van der Waals surface area contributed by atoms with Crippen molar-refractivity contribution in [1.82, 2.24) is 4.98 Å². The third-order valence-electron chi connectivity index (χ3n) is 3.83. The molecule has 124 valence electrons. The maximum atomic E-state index is 13.0. The number of carbonyl (C=O) groups is 1. The molecule has 3 aromatic rings. The summed E-state index contributed by atoms with van der Waals surface area (Å²) >= 11 is 1.24. The zero-order valence-corrected chi connectivity index (χ0v) is 13.3. The molecule has 1 unspecified atom stereocenters. The molecule has 0 aliphatic heterocycles. The van der Waals surface area contributed by atoms with E-state index < -0.39 is 11.8 Å². The van der Waals surface area contributed by atoms with E-state index in [0.29, 0.717) is 23.1 Å². The normalized spacial score (nSPS) is 14.5. The number of benzene rings is 1. The van der Waals surface area contributed by atoms with E-state index in [1.165, 1.54) is 23.6 Å². The Labute approximate surface area is 139 Å². The van der Waals surface area contributed by atoms with Crippen LogP contribution in [0.3, 0.4) is 0 Å². The molecular formula is C17H12F3NO2S. The molecule has 1 N–H and O–H groups in total. The molecule has 0 aliphatic rings. The Kier molecular flexibility index (Phi) is 3.93. The SMILES string of the molecule is CC(O)(c1ccnc(-c2cccc3cc(C=O)sc23)c1)C(F)(F)F. The van der Waals surface area contributed by atoms with E-state index in [4.69, 9.17) is 0 Å². The number of pyridine rings is 1. The summed E-state index contributed by atoms with van der Waals surface area (Å²) in [6.45, 7) is 0.711. The van der Waals surface area contributed by atoms with Gasteiger partial charge in [-0.1, -0.05) is 18.2 Å². The second kappa shape index (κ2) is 5.68. The monoisotopic (exact) mass is 351 g/mol. The minimum absolute atomic E-state index is 0.288. The molecule has 0 spiro atoms. The lowest BCUT2D eigenvalue weighted by Gasteiger charge is -2.26. The Morgan fingerprint density at radius 3 is 2.62 bits per heavy atom. The van der Waals surface area contributed by atoms with Crippen LogP contribution in [-0.4, -0.2) is 22.6 Å². The lowest BCUT2D eigenvalue weighted by atomic mass is 9.94. The molecule has 0 aliphatic carbocycles. The van der Waals surface area contributed by atoms with Gasteiger partial charge < -0.3 is 5.11 Å². The summed E-state index contributed by atoms with van der Waals surface area (Å²) in [6.07, 6.45) is -2.84. The van der Waals surface area contributed by atoms with Crippen molar-refractivity contribution in [3.05, 3.63) is 53.0 Å². The van der Waals surface area contributed by atoms with E-state index in [-0.39, 0.29) is 5.56 Å². The highest BCUT2D eigenvalue weighted by Gasteiger charge is 2.51. The van der Waals surface area contributed by atoms with Gasteiger partial charge in [0.1, 0.15) is 0 Å². The predicted octanol–water partition coefficient (Wildman–Crippen LogP) is 4.55. The van der Waals surface area contributed by atoms with Crippen LogP contribution >= 0.6 is 11.3 Å². The molecule has 0 radical (unpaired) electrons. The first-order chi connectivity index (χ1) is 11.2. The molecule has 2 heterocycles. The van der Waals surface area contributed by atoms with Gasteiger partial charge in [0, 0.05) is 16.5 Å². The summed E-state index contributed by atoms with van der Waals surface area (Å²) in [4.78, 5) is 15.6. The van der Waals surface area contributed by atoms with E-state index in [2.05, 4.69) is 4.98 Å². The number of aromatic nitrogens is 1. The van der Waals surface area contributed by atoms with Gasteiger partial charge in [-0.15, -0.1) is 11.3 Å². The van der Waals surface area contributed by atoms with Gasteiger partial charge in [0.2, 0.25) is 0 Å². The summed E-state index contributed by atoms with van der Waals surface area (Å²) in [5, 5.41) is 10.7. The molecule has 1 atom stereocenters. The average Bonchev–Trinajstić information content (AvgIpc) is 2.97. The third kappa shape index (κ3) is 2.70. The lowest BCUT2D eigenvalue weighted by Crippen LogP contribution is -2.39.